The third-order valence-electron chi connectivity index (χ3n) is 4.23. The van der Waals surface area contributed by atoms with E-state index >= 15 is 0 Å². The van der Waals surface area contributed by atoms with Crippen molar-refractivity contribution in [3.8, 4) is 0 Å². The molecule has 0 radical (unpaired) electrons. The summed E-state index contributed by atoms with van der Waals surface area (Å²) >= 11 is 5.85. The van der Waals surface area contributed by atoms with Gasteiger partial charge in [-0.3, -0.25) is 9.78 Å². The van der Waals surface area contributed by atoms with Crippen molar-refractivity contribution < 1.29 is 13.2 Å². The Morgan fingerprint density at radius 1 is 1.04 bits per heavy atom. The molecule has 0 spiro atoms. The van der Waals surface area contributed by atoms with Gasteiger partial charge in [-0.15, -0.1) is 0 Å². The van der Waals surface area contributed by atoms with Gasteiger partial charge in [0.05, 0.1) is 5.52 Å². The molecule has 2 aromatic carbocycles. The lowest BCUT2D eigenvalue weighted by molar-refractivity contribution is -0.118. The number of pyridine rings is 1. The molecule has 3 aromatic rings. The van der Waals surface area contributed by atoms with E-state index in [0.29, 0.717) is 21.6 Å². The normalized spacial score (nSPS) is 12.9. The van der Waals surface area contributed by atoms with Crippen molar-refractivity contribution in [2.24, 2.45) is 5.92 Å². The standard InChI is InChI=1S/C20H20ClN3O3S/c1-13(2)18(20(25)23-16-10-8-15(21)9-11-16)24-28(26,27)17-7-3-5-14-6-4-12-22-19(14)17/h3-13,18,24H,1-2H3,(H,23,25). The SMILES string of the molecule is CC(C)C(NS(=O)(=O)c1cccc2cccnc12)C(=O)Nc1ccc(Cl)cc1. The highest BCUT2D eigenvalue weighted by molar-refractivity contribution is 7.89. The van der Waals surface area contributed by atoms with E-state index < -0.39 is 22.0 Å². The van der Waals surface area contributed by atoms with Gasteiger partial charge >= 0.3 is 0 Å². The van der Waals surface area contributed by atoms with Crippen LogP contribution in [0.1, 0.15) is 13.8 Å². The lowest BCUT2D eigenvalue weighted by Crippen LogP contribution is -2.47. The predicted octanol–water partition coefficient (Wildman–Crippen LogP) is 3.83. The third kappa shape index (κ3) is 4.49. The summed E-state index contributed by atoms with van der Waals surface area (Å²) in [5.74, 6) is -0.723. The van der Waals surface area contributed by atoms with E-state index in [4.69, 9.17) is 11.6 Å². The monoisotopic (exact) mass is 417 g/mol. The first-order valence-corrected chi connectivity index (χ1v) is 10.6. The zero-order valence-corrected chi connectivity index (χ0v) is 17.0. The van der Waals surface area contributed by atoms with Crippen LogP contribution in [0.25, 0.3) is 10.9 Å². The smallest absolute Gasteiger partial charge is 0.243 e. The predicted molar refractivity (Wildman–Crippen MR) is 111 cm³/mol. The maximum absolute atomic E-state index is 13.0. The van der Waals surface area contributed by atoms with Gasteiger partial charge < -0.3 is 5.32 Å². The Bertz CT molecular complexity index is 1090. The second-order valence-corrected chi connectivity index (χ2v) is 8.79. The number of hydrogen-bond donors (Lipinski definition) is 2. The second-order valence-electron chi connectivity index (χ2n) is 6.67. The minimum atomic E-state index is -3.97. The number of rotatable bonds is 6. The van der Waals surface area contributed by atoms with Crippen molar-refractivity contribution in [2.45, 2.75) is 24.8 Å². The first kappa shape index (κ1) is 20.3. The van der Waals surface area contributed by atoms with E-state index in [1.807, 2.05) is 0 Å². The molecule has 2 N–H and O–H groups in total. The highest BCUT2D eigenvalue weighted by Crippen LogP contribution is 2.22. The summed E-state index contributed by atoms with van der Waals surface area (Å²) in [6.45, 7) is 3.55. The molecule has 0 aliphatic carbocycles. The number of amides is 1. The lowest BCUT2D eigenvalue weighted by Gasteiger charge is -2.22. The zero-order valence-electron chi connectivity index (χ0n) is 15.4. The van der Waals surface area contributed by atoms with Crippen LogP contribution in [-0.4, -0.2) is 25.4 Å². The molecule has 0 saturated heterocycles. The number of hydrogen-bond acceptors (Lipinski definition) is 4. The van der Waals surface area contributed by atoms with E-state index in [0.717, 1.165) is 0 Å². The molecule has 8 heteroatoms. The van der Waals surface area contributed by atoms with Crippen molar-refractivity contribution in [3.05, 3.63) is 65.8 Å². The molecule has 0 aliphatic rings. The van der Waals surface area contributed by atoms with Gasteiger partial charge in [0, 0.05) is 22.3 Å². The fourth-order valence-electron chi connectivity index (χ4n) is 2.77. The fourth-order valence-corrected chi connectivity index (χ4v) is 4.42. The first-order chi connectivity index (χ1) is 13.3. The summed E-state index contributed by atoms with van der Waals surface area (Å²) < 4.78 is 28.6. The number of benzene rings is 2. The summed E-state index contributed by atoms with van der Waals surface area (Å²) in [7, 11) is -3.97. The topological polar surface area (TPSA) is 88.2 Å². The maximum Gasteiger partial charge on any atom is 0.243 e. The highest BCUT2D eigenvalue weighted by atomic mass is 35.5. The Labute approximate surface area is 169 Å². The Balaban J connectivity index is 1.88. The molecule has 0 saturated carbocycles. The largest absolute Gasteiger partial charge is 0.325 e. The second kappa shape index (κ2) is 8.26. The molecule has 146 valence electrons. The van der Waals surface area contributed by atoms with Gasteiger partial charge in [-0.1, -0.05) is 43.6 Å². The minimum absolute atomic E-state index is 0.0375. The average Bonchev–Trinajstić information content (AvgIpc) is 2.67. The van der Waals surface area contributed by atoms with Crippen LogP contribution in [-0.2, 0) is 14.8 Å². The Kier molecular flexibility index (Phi) is 5.98. The molecule has 0 aliphatic heterocycles. The quantitative estimate of drug-likeness (QED) is 0.638. The number of carbonyl (C=O) groups is 1. The van der Waals surface area contributed by atoms with Crippen molar-refractivity contribution in [3.63, 3.8) is 0 Å². The molecular formula is C20H20ClN3O3S. The van der Waals surface area contributed by atoms with Gasteiger partial charge in [0.25, 0.3) is 0 Å². The molecule has 1 aromatic heterocycles. The van der Waals surface area contributed by atoms with E-state index in [9.17, 15) is 13.2 Å². The Morgan fingerprint density at radius 3 is 2.39 bits per heavy atom. The molecule has 28 heavy (non-hydrogen) atoms. The lowest BCUT2D eigenvalue weighted by atomic mass is 10.0. The van der Waals surface area contributed by atoms with Gasteiger partial charge in [-0.05, 0) is 42.3 Å². The molecule has 1 atom stereocenters. The highest BCUT2D eigenvalue weighted by Gasteiger charge is 2.29. The van der Waals surface area contributed by atoms with Crippen molar-refractivity contribution >= 4 is 44.1 Å². The number of carbonyl (C=O) groups excluding carboxylic acids is 1. The van der Waals surface area contributed by atoms with Crippen molar-refractivity contribution in [1.82, 2.24) is 9.71 Å². The van der Waals surface area contributed by atoms with Gasteiger partial charge in [0.2, 0.25) is 15.9 Å². The summed E-state index contributed by atoms with van der Waals surface area (Å²) in [6, 6.07) is 14.1. The van der Waals surface area contributed by atoms with Gasteiger partial charge in [-0.25, -0.2) is 8.42 Å². The first-order valence-electron chi connectivity index (χ1n) is 8.70. The number of sulfonamides is 1. The molecule has 6 nitrogen and oxygen atoms in total. The van der Waals surface area contributed by atoms with Crippen LogP contribution in [0.4, 0.5) is 5.69 Å². The number of nitrogens with one attached hydrogen (secondary N) is 2. The van der Waals surface area contributed by atoms with Crippen LogP contribution in [0.15, 0.2) is 65.7 Å². The molecule has 1 amide bonds. The number of para-hydroxylation sites is 1. The average molecular weight is 418 g/mol. The van der Waals surface area contributed by atoms with Crippen molar-refractivity contribution in [2.75, 3.05) is 5.32 Å². The van der Waals surface area contributed by atoms with Crippen molar-refractivity contribution in [1.29, 1.82) is 0 Å². The molecular weight excluding hydrogens is 398 g/mol. The number of nitrogens with zero attached hydrogens (tertiary/aromatic N) is 1. The Morgan fingerprint density at radius 2 is 1.71 bits per heavy atom. The molecule has 0 fully saturated rings. The summed E-state index contributed by atoms with van der Waals surface area (Å²) in [5, 5.41) is 3.97. The van der Waals surface area contributed by atoms with Gasteiger partial charge in [0.15, 0.2) is 0 Å². The van der Waals surface area contributed by atoms with Crippen LogP contribution < -0.4 is 10.0 Å². The number of fused-ring (bicyclic) bond motifs is 1. The van der Waals surface area contributed by atoms with Crippen LogP contribution in [0, 0.1) is 5.92 Å². The van der Waals surface area contributed by atoms with Crippen LogP contribution in [0.3, 0.4) is 0 Å². The molecule has 3 rings (SSSR count). The third-order valence-corrected chi connectivity index (χ3v) is 5.95. The molecule has 1 heterocycles. The minimum Gasteiger partial charge on any atom is -0.325 e. The number of anilines is 1. The number of aromatic nitrogens is 1. The van der Waals surface area contributed by atoms with Crippen LogP contribution in [0.5, 0.6) is 0 Å². The maximum atomic E-state index is 13.0. The van der Waals surface area contributed by atoms with Crippen LogP contribution >= 0.6 is 11.6 Å². The molecule has 0 bridgehead atoms. The summed E-state index contributed by atoms with van der Waals surface area (Å²) in [6.07, 6.45) is 1.54. The summed E-state index contributed by atoms with van der Waals surface area (Å²) in [4.78, 5) is 17.0. The van der Waals surface area contributed by atoms with E-state index in [2.05, 4.69) is 15.0 Å². The van der Waals surface area contributed by atoms with Crippen LogP contribution in [0.2, 0.25) is 5.02 Å². The van der Waals surface area contributed by atoms with E-state index in [-0.39, 0.29) is 10.8 Å². The molecule has 1 unspecified atom stereocenters. The van der Waals surface area contributed by atoms with E-state index in [1.165, 1.54) is 12.3 Å². The summed E-state index contributed by atoms with van der Waals surface area (Å²) in [5.41, 5.74) is 0.893. The zero-order chi connectivity index (χ0) is 20.3. The van der Waals surface area contributed by atoms with Gasteiger partial charge in [0.1, 0.15) is 10.9 Å². The fraction of sp³-hybridized carbons (Fsp3) is 0.200. The Hall–Kier alpha value is -2.48. The van der Waals surface area contributed by atoms with Gasteiger partial charge in [-0.2, -0.15) is 4.72 Å². The van der Waals surface area contributed by atoms with E-state index in [1.54, 1.807) is 62.4 Å². The number of halogens is 1.